The number of aromatic nitrogens is 2. The van der Waals surface area contributed by atoms with E-state index in [-0.39, 0.29) is 11.3 Å². The van der Waals surface area contributed by atoms with Gasteiger partial charge in [-0.2, -0.15) is 0 Å². The van der Waals surface area contributed by atoms with Crippen LogP contribution in [0.4, 0.5) is 5.82 Å². The Morgan fingerprint density at radius 3 is 2.39 bits per heavy atom. The second kappa shape index (κ2) is 5.36. The van der Waals surface area contributed by atoms with Gasteiger partial charge in [-0.3, -0.25) is 0 Å². The number of anilines is 1. The molecule has 1 heterocycles. The van der Waals surface area contributed by atoms with Crippen molar-refractivity contribution in [2.24, 2.45) is 0 Å². The van der Waals surface area contributed by atoms with Gasteiger partial charge in [0.1, 0.15) is 5.82 Å². The summed E-state index contributed by atoms with van der Waals surface area (Å²) in [6.45, 7) is 6.07. The van der Waals surface area contributed by atoms with Gasteiger partial charge in [0.2, 0.25) is 5.28 Å². The lowest BCUT2D eigenvalue weighted by Crippen LogP contribution is -2.08. The Morgan fingerprint density at radius 2 is 1.78 bits per heavy atom. The molecule has 1 unspecified atom stereocenters. The predicted molar refractivity (Wildman–Crippen MR) is 75.0 cm³/mol. The predicted octanol–water partition coefficient (Wildman–Crippen LogP) is 3.92. The van der Waals surface area contributed by atoms with E-state index in [0.29, 0.717) is 0 Å². The zero-order chi connectivity index (χ0) is 13.1. The number of halogens is 1. The topological polar surface area (TPSA) is 37.8 Å². The molecule has 0 amide bonds. The van der Waals surface area contributed by atoms with Crippen LogP contribution >= 0.6 is 11.6 Å². The Balaban J connectivity index is 2.15. The largest absolute Gasteiger partial charge is 0.363 e. The van der Waals surface area contributed by atoms with E-state index < -0.39 is 0 Å². The molecule has 0 aliphatic rings. The van der Waals surface area contributed by atoms with Gasteiger partial charge < -0.3 is 5.32 Å². The highest BCUT2D eigenvalue weighted by Crippen LogP contribution is 2.19. The number of nitrogens with zero attached hydrogens (tertiary/aromatic N) is 2. The number of hydrogen-bond donors (Lipinski definition) is 1. The Kier molecular flexibility index (Phi) is 3.82. The quantitative estimate of drug-likeness (QED) is 0.851. The monoisotopic (exact) mass is 261 g/mol. The molecule has 0 bridgehead atoms. The van der Waals surface area contributed by atoms with Crippen LogP contribution in [0.5, 0.6) is 0 Å². The number of rotatable bonds is 3. The van der Waals surface area contributed by atoms with E-state index in [1.54, 1.807) is 0 Å². The van der Waals surface area contributed by atoms with Crippen LogP contribution in [0, 0.1) is 13.8 Å². The van der Waals surface area contributed by atoms with Gasteiger partial charge in [-0.05, 0) is 37.9 Å². The number of hydrogen-bond acceptors (Lipinski definition) is 3. The molecule has 2 rings (SSSR count). The zero-order valence-corrected chi connectivity index (χ0v) is 11.5. The standard InChI is InChI=1S/C14H16ClN3/c1-9-4-6-12(7-5-9)11(3)17-13-8-10(2)16-14(15)18-13/h4-8,11H,1-3H3,(H,16,17,18). The first-order valence-electron chi connectivity index (χ1n) is 5.89. The van der Waals surface area contributed by atoms with Crippen LogP contribution in [-0.2, 0) is 0 Å². The lowest BCUT2D eigenvalue weighted by molar-refractivity contribution is 0.869. The molecule has 1 aromatic heterocycles. The maximum atomic E-state index is 5.84. The van der Waals surface area contributed by atoms with Gasteiger partial charge in [0, 0.05) is 17.8 Å². The molecular weight excluding hydrogens is 246 g/mol. The van der Waals surface area contributed by atoms with Crippen molar-refractivity contribution < 1.29 is 0 Å². The average Bonchev–Trinajstić information content (AvgIpc) is 2.28. The Morgan fingerprint density at radius 1 is 1.11 bits per heavy atom. The first-order valence-corrected chi connectivity index (χ1v) is 6.26. The van der Waals surface area contributed by atoms with Gasteiger partial charge in [0.15, 0.2) is 0 Å². The van der Waals surface area contributed by atoms with Gasteiger partial charge in [-0.15, -0.1) is 0 Å². The third-order valence-corrected chi connectivity index (χ3v) is 2.94. The highest BCUT2D eigenvalue weighted by Gasteiger charge is 2.07. The van der Waals surface area contributed by atoms with Crippen molar-refractivity contribution in [3.05, 3.63) is 52.4 Å². The van der Waals surface area contributed by atoms with E-state index in [0.717, 1.165) is 11.5 Å². The van der Waals surface area contributed by atoms with Gasteiger partial charge in [-0.25, -0.2) is 9.97 Å². The van der Waals surface area contributed by atoms with E-state index >= 15 is 0 Å². The smallest absolute Gasteiger partial charge is 0.224 e. The minimum Gasteiger partial charge on any atom is -0.363 e. The van der Waals surface area contributed by atoms with Crippen LogP contribution in [0.1, 0.15) is 29.8 Å². The Labute approximate surface area is 112 Å². The van der Waals surface area contributed by atoms with E-state index in [4.69, 9.17) is 11.6 Å². The molecule has 0 aliphatic carbocycles. The molecule has 94 valence electrons. The fraction of sp³-hybridized carbons (Fsp3) is 0.286. The second-order valence-electron chi connectivity index (χ2n) is 4.44. The van der Waals surface area contributed by atoms with Crippen molar-refractivity contribution in [2.75, 3.05) is 5.32 Å². The summed E-state index contributed by atoms with van der Waals surface area (Å²) in [7, 11) is 0. The number of nitrogens with one attached hydrogen (secondary N) is 1. The summed E-state index contributed by atoms with van der Waals surface area (Å²) in [5.74, 6) is 0.751. The third-order valence-electron chi connectivity index (χ3n) is 2.77. The van der Waals surface area contributed by atoms with Crippen molar-refractivity contribution >= 4 is 17.4 Å². The van der Waals surface area contributed by atoms with Gasteiger partial charge in [-0.1, -0.05) is 29.8 Å². The summed E-state index contributed by atoms with van der Waals surface area (Å²) in [6, 6.07) is 10.5. The molecular formula is C14H16ClN3. The first kappa shape index (κ1) is 12.8. The van der Waals surface area contributed by atoms with Crippen molar-refractivity contribution in [3.63, 3.8) is 0 Å². The van der Waals surface area contributed by atoms with Crippen LogP contribution in [0.2, 0.25) is 5.28 Å². The highest BCUT2D eigenvalue weighted by molar-refractivity contribution is 6.28. The lowest BCUT2D eigenvalue weighted by Gasteiger charge is -2.15. The third kappa shape index (κ3) is 3.20. The summed E-state index contributed by atoms with van der Waals surface area (Å²) in [5, 5.41) is 3.60. The van der Waals surface area contributed by atoms with E-state index in [1.807, 2.05) is 13.0 Å². The molecule has 4 heteroatoms. The SMILES string of the molecule is Cc1ccc(C(C)Nc2cc(C)nc(Cl)n2)cc1. The number of benzene rings is 1. The normalized spacial score (nSPS) is 12.2. The van der Waals surface area contributed by atoms with E-state index in [9.17, 15) is 0 Å². The van der Waals surface area contributed by atoms with Crippen LogP contribution in [-0.4, -0.2) is 9.97 Å². The van der Waals surface area contributed by atoms with E-state index in [1.165, 1.54) is 11.1 Å². The fourth-order valence-corrected chi connectivity index (χ4v) is 1.99. The Bertz CT molecular complexity index is 517. The molecule has 3 nitrogen and oxygen atoms in total. The van der Waals surface area contributed by atoms with Gasteiger partial charge in [0.25, 0.3) is 0 Å². The zero-order valence-electron chi connectivity index (χ0n) is 10.7. The van der Waals surface area contributed by atoms with Crippen molar-refractivity contribution in [3.8, 4) is 0 Å². The lowest BCUT2D eigenvalue weighted by atomic mass is 10.1. The minimum atomic E-state index is 0.177. The molecule has 1 aromatic carbocycles. The van der Waals surface area contributed by atoms with Crippen molar-refractivity contribution in [1.82, 2.24) is 9.97 Å². The average molecular weight is 262 g/mol. The molecule has 1 N–H and O–H groups in total. The van der Waals surface area contributed by atoms with Crippen LogP contribution in [0.3, 0.4) is 0 Å². The van der Waals surface area contributed by atoms with Gasteiger partial charge >= 0.3 is 0 Å². The summed E-state index contributed by atoms with van der Waals surface area (Å²) in [4.78, 5) is 8.20. The fourth-order valence-electron chi connectivity index (χ4n) is 1.77. The van der Waals surface area contributed by atoms with Crippen molar-refractivity contribution in [2.45, 2.75) is 26.8 Å². The van der Waals surface area contributed by atoms with E-state index in [2.05, 4.69) is 53.4 Å². The summed E-state index contributed by atoms with van der Waals surface area (Å²) >= 11 is 5.84. The summed E-state index contributed by atoms with van der Waals surface area (Å²) in [6.07, 6.45) is 0. The molecule has 0 saturated carbocycles. The Hall–Kier alpha value is -1.61. The number of aryl methyl sites for hydroxylation is 2. The highest BCUT2D eigenvalue weighted by atomic mass is 35.5. The van der Waals surface area contributed by atoms with Crippen molar-refractivity contribution in [1.29, 1.82) is 0 Å². The molecule has 2 aromatic rings. The van der Waals surface area contributed by atoms with Crippen LogP contribution in [0.15, 0.2) is 30.3 Å². The molecule has 0 saturated heterocycles. The molecule has 1 atom stereocenters. The minimum absolute atomic E-state index is 0.177. The summed E-state index contributed by atoms with van der Waals surface area (Å²) in [5.41, 5.74) is 3.33. The van der Waals surface area contributed by atoms with Crippen LogP contribution in [0.25, 0.3) is 0 Å². The van der Waals surface area contributed by atoms with Gasteiger partial charge in [0.05, 0.1) is 0 Å². The second-order valence-corrected chi connectivity index (χ2v) is 4.78. The van der Waals surface area contributed by atoms with Crippen LogP contribution < -0.4 is 5.32 Å². The summed E-state index contributed by atoms with van der Waals surface area (Å²) < 4.78 is 0. The first-order chi connectivity index (χ1) is 8.54. The molecule has 18 heavy (non-hydrogen) atoms. The molecule has 0 fully saturated rings. The molecule has 0 radical (unpaired) electrons. The maximum Gasteiger partial charge on any atom is 0.224 e. The molecule has 0 spiro atoms. The maximum absolute atomic E-state index is 5.84. The molecule has 0 aliphatic heterocycles.